The minimum atomic E-state index is 0.00656. The van der Waals surface area contributed by atoms with Crippen molar-refractivity contribution < 1.29 is 9.53 Å². The van der Waals surface area contributed by atoms with Gasteiger partial charge in [-0.1, -0.05) is 12.1 Å². The first-order valence-corrected chi connectivity index (χ1v) is 8.52. The number of methoxy groups -OCH3 is 1. The second-order valence-electron chi connectivity index (χ2n) is 6.17. The van der Waals surface area contributed by atoms with Gasteiger partial charge in [0.1, 0.15) is 18.4 Å². The molecule has 0 spiro atoms. The Kier molecular flexibility index (Phi) is 4.35. The highest BCUT2D eigenvalue weighted by Crippen LogP contribution is 2.34. The number of hydrogen-bond donors (Lipinski definition) is 0. The summed E-state index contributed by atoms with van der Waals surface area (Å²) < 4.78 is 6.77. The van der Waals surface area contributed by atoms with Gasteiger partial charge in [-0.05, 0) is 42.7 Å². The van der Waals surface area contributed by atoms with Crippen molar-refractivity contribution in [1.82, 2.24) is 24.6 Å². The normalized spacial score (nSPS) is 16.7. The highest BCUT2D eigenvalue weighted by atomic mass is 16.5. The summed E-state index contributed by atoms with van der Waals surface area (Å²) in [4.78, 5) is 23.2. The number of aromatic nitrogens is 4. The van der Waals surface area contributed by atoms with E-state index in [0.29, 0.717) is 11.4 Å². The monoisotopic (exact) mass is 349 g/mol. The number of benzene rings is 1. The summed E-state index contributed by atoms with van der Waals surface area (Å²) in [6, 6.07) is 11.5. The maximum absolute atomic E-state index is 13.1. The van der Waals surface area contributed by atoms with Crippen LogP contribution >= 0.6 is 0 Å². The van der Waals surface area contributed by atoms with Crippen molar-refractivity contribution >= 4 is 5.91 Å². The summed E-state index contributed by atoms with van der Waals surface area (Å²) in [5.74, 6) is 1.40. The minimum Gasteiger partial charge on any atom is -0.497 e. The third-order valence-electron chi connectivity index (χ3n) is 4.66. The van der Waals surface area contributed by atoms with Crippen LogP contribution in [0.4, 0.5) is 0 Å². The van der Waals surface area contributed by atoms with E-state index in [1.807, 2.05) is 29.2 Å². The molecule has 1 unspecified atom stereocenters. The summed E-state index contributed by atoms with van der Waals surface area (Å²) in [7, 11) is 1.65. The van der Waals surface area contributed by atoms with Gasteiger partial charge in [0.25, 0.3) is 5.91 Å². The molecule has 132 valence electrons. The van der Waals surface area contributed by atoms with Gasteiger partial charge in [0.2, 0.25) is 0 Å². The molecule has 4 rings (SSSR count). The lowest BCUT2D eigenvalue weighted by atomic mass is 10.0. The fourth-order valence-corrected chi connectivity index (χ4v) is 3.35. The molecule has 3 aromatic rings. The van der Waals surface area contributed by atoms with Gasteiger partial charge in [-0.3, -0.25) is 4.79 Å². The molecule has 1 saturated heterocycles. The van der Waals surface area contributed by atoms with Crippen molar-refractivity contribution in [2.75, 3.05) is 13.7 Å². The molecule has 1 aliphatic rings. The van der Waals surface area contributed by atoms with E-state index in [4.69, 9.17) is 4.74 Å². The zero-order valence-corrected chi connectivity index (χ0v) is 14.4. The largest absolute Gasteiger partial charge is 0.497 e. The molecule has 0 aliphatic carbocycles. The lowest BCUT2D eigenvalue weighted by Crippen LogP contribution is -2.30. The maximum atomic E-state index is 13.1. The molecule has 3 heterocycles. The highest BCUT2D eigenvalue weighted by molar-refractivity contribution is 5.95. The number of likely N-dealkylation sites (tertiary alicyclic amines) is 1. The molecular weight excluding hydrogens is 330 g/mol. The maximum Gasteiger partial charge on any atom is 0.254 e. The average Bonchev–Trinajstić information content (AvgIpc) is 3.39. The molecule has 0 N–H and O–H groups in total. The zero-order valence-electron chi connectivity index (χ0n) is 14.4. The van der Waals surface area contributed by atoms with E-state index >= 15 is 0 Å². The van der Waals surface area contributed by atoms with Gasteiger partial charge in [-0.2, -0.15) is 5.10 Å². The third-order valence-corrected chi connectivity index (χ3v) is 4.66. The molecule has 1 aromatic carbocycles. The van der Waals surface area contributed by atoms with Crippen LogP contribution in [0.2, 0.25) is 0 Å². The Hall–Kier alpha value is -3.22. The Balaban J connectivity index is 1.59. The van der Waals surface area contributed by atoms with Crippen LogP contribution in [0.5, 0.6) is 5.75 Å². The Labute approximate surface area is 151 Å². The Morgan fingerprint density at radius 1 is 1.23 bits per heavy atom. The Morgan fingerprint density at radius 3 is 2.81 bits per heavy atom. The first kappa shape index (κ1) is 16.3. The molecular formula is C19H19N5O2. The smallest absolute Gasteiger partial charge is 0.254 e. The molecule has 0 saturated carbocycles. The molecule has 1 fully saturated rings. The molecule has 1 atom stereocenters. The fraction of sp³-hybridized carbons (Fsp3) is 0.263. The lowest BCUT2D eigenvalue weighted by molar-refractivity contribution is 0.0735. The average molecular weight is 349 g/mol. The second-order valence-corrected chi connectivity index (χ2v) is 6.17. The Bertz CT molecular complexity index is 893. The lowest BCUT2D eigenvalue weighted by Gasteiger charge is -2.25. The van der Waals surface area contributed by atoms with Crippen molar-refractivity contribution in [2.24, 2.45) is 0 Å². The van der Waals surface area contributed by atoms with Crippen molar-refractivity contribution in [3.05, 3.63) is 66.4 Å². The first-order chi connectivity index (χ1) is 12.8. The van der Waals surface area contributed by atoms with Crippen molar-refractivity contribution in [3.63, 3.8) is 0 Å². The van der Waals surface area contributed by atoms with E-state index in [1.54, 1.807) is 36.4 Å². The fourth-order valence-electron chi connectivity index (χ4n) is 3.35. The molecule has 7 nitrogen and oxygen atoms in total. The van der Waals surface area contributed by atoms with Crippen LogP contribution in [0, 0.1) is 0 Å². The van der Waals surface area contributed by atoms with Crippen LogP contribution in [0.25, 0.3) is 5.82 Å². The van der Waals surface area contributed by atoms with Crippen LogP contribution in [0.15, 0.2) is 55.2 Å². The van der Waals surface area contributed by atoms with Crippen molar-refractivity contribution in [3.8, 4) is 11.6 Å². The number of carbonyl (C=O) groups excluding carboxylic acids is 1. The predicted molar refractivity (Wildman–Crippen MR) is 95.2 cm³/mol. The molecule has 0 bridgehead atoms. The summed E-state index contributed by atoms with van der Waals surface area (Å²) in [6.45, 7) is 0.747. The highest BCUT2D eigenvalue weighted by Gasteiger charge is 2.30. The second kappa shape index (κ2) is 6.95. The topological polar surface area (TPSA) is 73.1 Å². The number of rotatable bonds is 4. The van der Waals surface area contributed by atoms with Crippen LogP contribution in [0.3, 0.4) is 0 Å². The predicted octanol–water partition coefficient (Wildman–Crippen LogP) is 2.65. The third kappa shape index (κ3) is 3.03. The number of carbonyl (C=O) groups is 1. The van der Waals surface area contributed by atoms with Gasteiger partial charge in [0.05, 0.1) is 13.2 Å². The van der Waals surface area contributed by atoms with Crippen LogP contribution in [0.1, 0.15) is 34.8 Å². The Morgan fingerprint density at radius 2 is 2.08 bits per heavy atom. The SMILES string of the molecule is COc1ccc(C2CCCN2C(=O)c2ccnc(-n3cncn3)c2)cc1. The molecule has 26 heavy (non-hydrogen) atoms. The van der Waals surface area contributed by atoms with Gasteiger partial charge in [0.15, 0.2) is 5.82 Å². The summed E-state index contributed by atoms with van der Waals surface area (Å²) in [6.07, 6.45) is 6.58. The van der Waals surface area contributed by atoms with Gasteiger partial charge in [-0.15, -0.1) is 0 Å². The van der Waals surface area contributed by atoms with E-state index in [2.05, 4.69) is 15.1 Å². The van der Waals surface area contributed by atoms with Crippen molar-refractivity contribution in [1.29, 1.82) is 0 Å². The van der Waals surface area contributed by atoms with E-state index in [-0.39, 0.29) is 11.9 Å². The summed E-state index contributed by atoms with van der Waals surface area (Å²) >= 11 is 0. The zero-order chi connectivity index (χ0) is 17.9. The standard InChI is InChI=1S/C19H19N5O2/c1-26-16-6-4-14(5-7-16)17-3-2-10-23(17)19(25)15-8-9-21-18(11-15)24-13-20-12-22-24/h4-9,11-13,17H,2-3,10H2,1H3. The van der Waals surface area contributed by atoms with Crippen LogP contribution < -0.4 is 4.74 Å². The summed E-state index contributed by atoms with van der Waals surface area (Å²) in [5.41, 5.74) is 1.73. The van der Waals surface area contributed by atoms with Gasteiger partial charge in [-0.25, -0.2) is 14.6 Å². The van der Waals surface area contributed by atoms with Crippen LogP contribution in [-0.2, 0) is 0 Å². The van der Waals surface area contributed by atoms with Crippen LogP contribution in [-0.4, -0.2) is 44.2 Å². The van der Waals surface area contributed by atoms with E-state index in [9.17, 15) is 4.79 Å². The van der Waals surface area contributed by atoms with E-state index in [0.717, 1.165) is 30.7 Å². The van der Waals surface area contributed by atoms with Gasteiger partial charge >= 0.3 is 0 Å². The molecule has 2 aromatic heterocycles. The van der Waals surface area contributed by atoms with E-state index < -0.39 is 0 Å². The number of nitrogens with zero attached hydrogens (tertiary/aromatic N) is 5. The number of pyridine rings is 1. The van der Waals surface area contributed by atoms with Crippen molar-refractivity contribution in [2.45, 2.75) is 18.9 Å². The van der Waals surface area contributed by atoms with Gasteiger partial charge in [0, 0.05) is 18.3 Å². The molecule has 1 aliphatic heterocycles. The minimum absolute atomic E-state index is 0.00656. The first-order valence-electron chi connectivity index (χ1n) is 8.52. The quantitative estimate of drug-likeness (QED) is 0.724. The number of amides is 1. The molecule has 7 heteroatoms. The molecule has 0 radical (unpaired) electrons. The molecule has 1 amide bonds. The van der Waals surface area contributed by atoms with E-state index in [1.165, 1.54) is 6.33 Å². The number of ether oxygens (including phenoxy) is 1. The summed E-state index contributed by atoms with van der Waals surface area (Å²) in [5, 5.41) is 4.07. The number of hydrogen-bond acceptors (Lipinski definition) is 5. The van der Waals surface area contributed by atoms with Gasteiger partial charge < -0.3 is 9.64 Å².